The molecule has 0 N–H and O–H groups in total. The third kappa shape index (κ3) is 5.51. The predicted molar refractivity (Wildman–Crippen MR) is 147 cm³/mol. The van der Waals surface area contributed by atoms with Gasteiger partial charge in [-0.15, -0.1) is 0 Å². The van der Waals surface area contributed by atoms with Crippen molar-refractivity contribution >= 4 is 0 Å². The highest BCUT2D eigenvalue weighted by molar-refractivity contribution is 5.74. The molecule has 0 amide bonds. The lowest BCUT2D eigenvalue weighted by atomic mass is 9.79. The molecule has 0 saturated heterocycles. The smallest absolute Gasteiger partial charge is 0.104 e. The molecule has 0 fully saturated rings. The van der Waals surface area contributed by atoms with Gasteiger partial charge in [0.05, 0.1) is 11.8 Å². The summed E-state index contributed by atoms with van der Waals surface area (Å²) in [5.41, 5.74) is 9.70. The molecular weight excluding hydrogens is 424 g/mol. The van der Waals surface area contributed by atoms with Crippen molar-refractivity contribution in [1.29, 1.82) is 5.26 Å². The van der Waals surface area contributed by atoms with Gasteiger partial charge >= 0.3 is 0 Å². The van der Waals surface area contributed by atoms with Crippen LogP contribution in [0.1, 0.15) is 92.4 Å². The van der Waals surface area contributed by atoms with Gasteiger partial charge in [0, 0.05) is 5.69 Å². The number of rotatable bonds is 11. The third-order valence-corrected chi connectivity index (χ3v) is 7.69. The molecule has 0 spiro atoms. The fourth-order valence-corrected chi connectivity index (χ4v) is 5.71. The van der Waals surface area contributed by atoms with E-state index in [4.69, 9.17) is 4.98 Å². The summed E-state index contributed by atoms with van der Waals surface area (Å²) in [5, 5.41) is 10.6. The van der Waals surface area contributed by atoms with Crippen LogP contribution in [-0.4, -0.2) is 4.98 Å². The lowest BCUT2D eigenvalue weighted by molar-refractivity contribution is 0.526. The van der Waals surface area contributed by atoms with Crippen molar-refractivity contribution in [1.82, 2.24) is 4.98 Å². The first kappa shape index (κ1) is 25.2. The van der Waals surface area contributed by atoms with Gasteiger partial charge in [0.25, 0.3) is 0 Å². The number of pyridine rings is 1. The fourth-order valence-electron chi connectivity index (χ4n) is 5.71. The zero-order chi connectivity index (χ0) is 24.7. The van der Waals surface area contributed by atoms with Gasteiger partial charge in [0.1, 0.15) is 5.41 Å². The number of hydrogen-bond donors (Lipinski definition) is 0. The predicted octanol–water partition coefficient (Wildman–Crippen LogP) is 8.47. The standard InChI is InChI=1S/C33H40N2/c1-4-6-9-15-28-30(16-10-7-5-2)35-32-29(31(28)27-13-11-8-12-14-27)21-22-33(32,24-34)23-26-19-17-25(3)18-20-26/h8,11-14,17-20H,4-7,9-10,15-16,21-23H2,1-3H3/t33-/m0/s1. The van der Waals surface area contributed by atoms with Crippen LogP contribution in [0.25, 0.3) is 11.1 Å². The highest BCUT2D eigenvalue weighted by atomic mass is 14.8. The molecule has 0 bridgehead atoms. The molecule has 35 heavy (non-hydrogen) atoms. The molecule has 0 radical (unpaired) electrons. The summed E-state index contributed by atoms with van der Waals surface area (Å²) in [7, 11) is 0. The highest BCUT2D eigenvalue weighted by Gasteiger charge is 2.43. The molecular formula is C33H40N2. The van der Waals surface area contributed by atoms with Crippen molar-refractivity contribution in [3.63, 3.8) is 0 Å². The Morgan fingerprint density at radius 1 is 0.886 bits per heavy atom. The lowest BCUT2D eigenvalue weighted by Crippen LogP contribution is -2.26. The van der Waals surface area contributed by atoms with E-state index in [1.54, 1.807) is 0 Å². The third-order valence-electron chi connectivity index (χ3n) is 7.69. The van der Waals surface area contributed by atoms with Crippen LogP contribution in [0.15, 0.2) is 54.6 Å². The summed E-state index contributed by atoms with van der Waals surface area (Å²) in [6.45, 7) is 6.65. The summed E-state index contributed by atoms with van der Waals surface area (Å²) in [6.07, 6.45) is 11.9. The molecule has 2 heteroatoms. The summed E-state index contributed by atoms with van der Waals surface area (Å²) in [5.74, 6) is 0. The normalized spacial score (nSPS) is 16.7. The van der Waals surface area contributed by atoms with Crippen LogP contribution in [0.2, 0.25) is 0 Å². The zero-order valence-electron chi connectivity index (χ0n) is 21.9. The van der Waals surface area contributed by atoms with Gasteiger partial charge < -0.3 is 0 Å². The van der Waals surface area contributed by atoms with Gasteiger partial charge in [0.15, 0.2) is 0 Å². The lowest BCUT2D eigenvalue weighted by Gasteiger charge is -2.25. The Hall–Kier alpha value is -2.92. The van der Waals surface area contributed by atoms with Crippen molar-refractivity contribution in [3.8, 4) is 17.2 Å². The van der Waals surface area contributed by atoms with Crippen LogP contribution in [0.4, 0.5) is 0 Å². The Kier molecular flexibility index (Phi) is 8.40. The van der Waals surface area contributed by atoms with E-state index in [2.05, 4.69) is 81.4 Å². The van der Waals surface area contributed by atoms with Gasteiger partial charge in [-0.05, 0) is 79.7 Å². The maximum Gasteiger partial charge on any atom is 0.104 e. The number of nitrogens with zero attached hydrogens (tertiary/aromatic N) is 2. The second kappa shape index (κ2) is 11.7. The summed E-state index contributed by atoms with van der Waals surface area (Å²) in [4.78, 5) is 5.41. The van der Waals surface area contributed by atoms with Crippen molar-refractivity contribution in [2.45, 2.75) is 96.8 Å². The van der Waals surface area contributed by atoms with Gasteiger partial charge in [0.2, 0.25) is 0 Å². The number of aryl methyl sites for hydroxylation is 2. The summed E-state index contributed by atoms with van der Waals surface area (Å²) >= 11 is 0. The average Bonchev–Trinajstić information content (AvgIpc) is 3.24. The Morgan fingerprint density at radius 3 is 2.23 bits per heavy atom. The SMILES string of the molecule is CCCCCc1nc2c(c(-c3ccccc3)c1CCCCC)CC[C@@]2(C#N)Cc1ccc(C)cc1. The second-order valence-corrected chi connectivity index (χ2v) is 10.4. The van der Waals surface area contributed by atoms with E-state index in [-0.39, 0.29) is 0 Å². The van der Waals surface area contributed by atoms with E-state index >= 15 is 0 Å². The molecule has 1 aromatic heterocycles. The van der Waals surface area contributed by atoms with Crippen molar-refractivity contribution < 1.29 is 0 Å². The number of hydrogen-bond acceptors (Lipinski definition) is 2. The molecule has 0 aliphatic heterocycles. The van der Waals surface area contributed by atoms with E-state index in [1.165, 1.54) is 71.2 Å². The summed E-state index contributed by atoms with van der Waals surface area (Å²) < 4.78 is 0. The molecule has 2 nitrogen and oxygen atoms in total. The minimum absolute atomic E-state index is 0.546. The molecule has 182 valence electrons. The minimum Gasteiger partial charge on any atom is -0.256 e. The molecule has 0 unspecified atom stereocenters. The Morgan fingerprint density at radius 2 is 1.57 bits per heavy atom. The van der Waals surface area contributed by atoms with Crippen molar-refractivity contribution in [2.24, 2.45) is 0 Å². The Balaban J connectivity index is 1.87. The largest absolute Gasteiger partial charge is 0.256 e. The number of unbranched alkanes of at least 4 members (excludes halogenated alkanes) is 4. The van der Waals surface area contributed by atoms with Gasteiger partial charge in [-0.3, -0.25) is 4.98 Å². The van der Waals surface area contributed by atoms with Crippen LogP contribution in [0.3, 0.4) is 0 Å². The Labute approximate surface area is 212 Å². The fraction of sp³-hybridized carbons (Fsp3) is 0.455. The topological polar surface area (TPSA) is 36.7 Å². The molecule has 0 saturated carbocycles. The average molecular weight is 465 g/mol. The molecule has 1 atom stereocenters. The zero-order valence-corrected chi connectivity index (χ0v) is 21.9. The maximum atomic E-state index is 10.6. The quantitative estimate of drug-likeness (QED) is 0.267. The maximum absolute atomic E-state index is 10.6. The first-order chi connectivity index (χ1) is 17.1. The van der Waals surface area contributed by atoms with Crippen LogP contribution >= 0.6 is 0 Å². The Bertz CT molecular complexity index is 1150. The molecule has 1 aliphatic carbocycles. The van der Waals surface area contributed by atoms with Gasteiger partial charge in [-0.25, -0.2) is 0 Å². The molecule has 1 heterocycles. The molecule has 4 rings (SSSR count). The van der Waals surface area contributed by atoms with Crippen molar-refractivity contribution in [2.75, 3.05) is 0 Å². The monoisotopic (exact) mass is 464 g/mol. The van der Waals surface area contributed by atoms with Crippen LogP contribution in [0, 0.1) is 18.3 Å². The highest BCUT2D eigenvalue weighted by Crippen LogP contribution is 2.46. The van der Waals surface area contributed by atoms with E-state index in [9.17, 15) is 5.26 Å². The van der Waals surface area contributed by atoms with E-state index in [1.807, 2.05) is 0 Å². The van der Waals surface area contributed by atoms with Crippen LogP contribution in [-0.2, 0) is 31.1 Å². The van der Waals surface area contributed by atoms with E-state index < -0.39 is 5.41 Å². The summed E-state index contributed by atoms with van der Waals surface area (Å²) in [6, 6.07) is 22.4. The van der Waals surface area contributed by atoms with Crippen LogP contribution < -0.4 is 0 Å². The molecule has 1 aliphatic rings. The van der Waals surface area contributed by atoms with E-state index in [0.717, 1.165) is 44.2 Å². The second-order valence-electron chi connectivity index (χ2n) is 10.4. The van der Waals surface area contributed by atoms with Crippen LogP contribution in [0.5, 0.6) is 0 Å². The first-order valence-corrected chi connectivity index (χ1v) is 13.7. The van der Waals surface area contributed by atoms with Crippen molar-refractivity contribution in [3.05, 3.63) is 88.2 Å². The van der Waals surface area contributed by atoms with Gasteiger partial charge in [-0.2, -0.15) is 5.26 Å². The van der Waals surface area contributed by atoms with E-state index in [0.29, 0.717) is 0 Å². The first-order valence-electron chi connectivity index (χ1n) is 13.7. The number of benzene rings is 2. The number of fused-ring (bicyclic) bond motifs is 1. The van der Waals surface area contributed by atoms with Gasteiger partial charge in [-0.1, -0.05) is 99.7 Å². The molecule has 3 aromatic rings. The molecule has 2 aromatic carbocycles. The number of nitriles is 1. The minimum atomic E-state index is -0.546. The number of aromatic nitrogens is 1.